The molecular formula is C33H25ClIN5O3S. The normalized spacial score (nSPS) is 10.8. The number of nitrogens with zero attached hydrogens (tertiary/aromatic N) is 3. The fraction of sp³-hybridized carbons (Fsp3) is 0.0909. The summed E-state index contributed by atoms with van der Waals surface area (Å²) in [5.74, 6) is 0.784. The molecule has 1 aromatic heterocycles. The first-order chi connectivity index (χ1) is 21.4. The van der Waals surface area contributed by atoms with Crippen molar-refractivity contribution >= 4 is 68.5 Å². The van der Waals surface area contributed by atoms with E-state index >= 15 is 0 Å². The fourth-order valence-corrected chi connectivity index (χ4v) is 5.76. The second-order valence-electron chi connectivity index (χ2n) is 9.27. The molecule has 0 bridgehead atoms. The van der Waals surface area contributed by atoms with Crippen LogP contribution < -0.4 is 20.2 Å². The Labute approximate surface area is 277 Å². The van der Waals surface area contributed by atoms with Crippen LogP contribution in [0.2, 0.25) is 5.02 Å². The molecule has 1 amide bonds. The second-order valence-corrected chi connectivity index (χ2v) is 11.7. The Kier molecular flexibility index (Phi) is 10.5. The van der Waals surface area contributed by atoms with Crippen LogP contribution in [0.25, 0.3) is 11.3 Å². The highest BCUT2D eigenvalue weighted by molar-refractivity contribution is 14.1. The third kappa shape index (κ3) is 7.93. The number of nitrogens with one attached hydrogen (secondary N) is 2. The minimum Gasteiger partial charge on any atom is -0.490 e. The highest BCUT2D eigenvalue weighted by Crippen LogP contribution is 2.35. The number of hydrogen-bond donors (Lipinski definition) is 2. The Morgan fingerprint density at radius 2 is 1.86 bits per heavy atom. The first-order valence-corrected chi connectivity index (χ1v) is 15.8. The molecule has 0 radical (unpaired) electrons. The smallest absolute Gasteiger partial charge is 0.271 e. The Morgan fingerprint density at radius 3 is 2.61 bits per heavy atom. The number of aromatic nitrogens is 1. The van der Waals surface area contributed by atoms with Gasteiger partial charge in [0.25, 0.3) is 5.91 Å². The molecule has 5 rings (SSSR count). The van der Waals surface area contributed by atoms with Crippen LogP contribution in [0.15, 0.2) is 95.4 Å². The van der Waals surface area contributed by atoms with Crippen molar-refractivity contribution < 1.29 is 14.3 Å². The van der Waals surface area contributed by atoms with Gasteiger partial charge in [0.2, 0.25) is 0 Å². The predicted octanol–water partition coefficient (Wildman–Crippen LogP) is 8.42. The van der Waals surface area contributed by atoms with Gasteiger partial charge in [-0.05, 0) is 89.7 Å². The van der Waals surface area contributed by atoms with Gasteiger partial charge in [0, 0.05) is 32.8 Å². The molecule has 1 heterocycles. The van der Waals surface area contributed by atoms with E-state index in [1.54, 1.807) is 30.5 Å². The molecule has 8 nitrogen and oxygen atoms in total. The Morgan fingerprint density at radius 1 is 1.09 bits per heavy atom. The first-order valence-electron chi connectivity index (χ1n) is 13.4. The number of benzene rings is 4. The predicted molar refractivity (Wildman–Crippen MR) is 183 cm³/mol. The van der Waals surface area contributed by atoms with Crippen molar-refractivity contribution in [2.45, 2.75) is 13.5 Å². The van der Waals surface area contributed by atoms with Crippen molar-refractivity contribution in [1.82, 2.24) is 10.4 Å². The maximum Gasteiger partial charge on any atom is 0.271 e. The molecule has 0 unspecified atom stereocenters. The van der Waals surface area contributed by atoms with E-state index in [1.165, 1.54) is 11.3 Å². The van der Waals surface area contributed by atoms with Gasteiger partial charge in [-0.1, -0.05) is 41.9 Å². The summed E-state index contributed by atoms with van der Waals surface area (Å²) in [6.45, 7) is 2.56. The third-order valence-electron chi connectivity index (χ3n) is 6.26. The second kappa shape index (κ2) is 14.8. The van der Waals surface area contributed by atoms with Crippen molar-refractivity contribution in [2.75, 3.05) is 11.9 Å². The lowest BCUT2D eigenvalue weighted by molar-refractivity contribution is 0.0955. The van der Waals surface area contributed by atoms with Gasteiger partial charge >= 0.3 is 0 Å². The van der Waals surface area contributed by atoms with Gasteiger partial charge in [0.15, 0.2) is 16.6 Å². The van der Waals surface area contributed by atoms with Crippen LogP contribution in [-0.2, 0) is 6.61 Å². The molecule has 0 spiro atoms. The van der Waals surface area contributed by atoms with E-state index in [2.05, 4.69) is 49.5 Å². The van der Waals surface area contributed by atoms with Gasteiger partial charge in [0.1, 0.15) is 6.61 Å². The zero-order valence-electron chi connectivity index (χ0n) is 23.4. The van der Waals surface area contributed by atoms with E-state index in [0.29, 0.717) is 34.3 Å². The van der Waals surface area contributed by atoms with Gasteiger partial charge in [-0.25, -0.2) is 10.4 Å². The van der Waals surface area contributed by atoms with Crippen LogP contribution in [0.3, 0.4) is 0 Å². The van der Waals surface area contributed by atoms with Crippen LogP contribution >= 0.6 is 45.5 Å². The highest BCUT2D eigenvalue weighted by atomic mass is 127. The van der Waals surface area contributed by atoms with Gasteiger partial charge < -0.3 is 14.8 Å². The molecule has 5 aromatic rings. The van der Waals surface area contributed by atoms with Crippen LogP contribution in [0.4, 0.5) is 10.8 Å². The molecule has 44 heavy (non-hydrogen) atoms. The molecule has 0 aliphatic carbocycles. The van der Waals surface area contributed by atoms with E-state index in [9.17, 15) is 10.1 Å². The number of hydrogen-bond acceptors (Lipinski definition) is 8. The maximum absolute atomic E-state index is 12.7. The number of nitriles is 1. The number of carbonyl (C=O) groups excluding carboxylic acids is 1. The quantitative estimate of drug-likeness (QED) is 0.0802. The number of carbonyl (C=O) groups is 1. The summed E-state index contributed by atoms with van der Waals surface area (Å²) in [6.07, 6.45) is 1.55. The molecule has 2 N–H and O–H groups in total. The van der Waals surface area contributed by atoms with Crippen LogP contribution in [0, 0.1) is 14.9 Å². The standard InChI is InChI=1S/C33H25ClIN5O3S/c1-2-42-30-16-21(15-28(35)31(30)43-19-25-6-4-3-5-24(25)17-36)18-37-40-32(41)23-9-7-22(8-10-23)29-20-44-33(39-29)38-27-13-11-26(34)12-14-27/h3-16,18,20H,2,19H2,1H3,(H,38,39)(H,40,41)/b37-18-. The summed E-state index contributed by atoms with van der Waals surface area (Å²) in [6, 6.07) is 27.8. The largest absolute Gasteiger partial charge is 0.490 e. The fourth-order valence-electron chi connectivity index (χ4n) is 4.11. The minimum absolute atomic E-state index is 0.228. The minimum atomic E-state index is -0.341. The SMILES string of the molecule is CCOc1cc(/C=N\NC(=O)c2ccc(-c3csc(Nc4ccc(Cl)cc4)n3)cc2)cc(I)c1OCc1ccccc1C#N. The molecule has 0 fully saturated rings. The Balaban J connectivity index is 1.20. The summed E-state index contributed by atoms with van der Waals surface area (Å²) in [7, 11) is 0. The van der Waals surface area contributed by atoms with Crippen LogP contribution in [0.1, 0.15) is 34.0 Å². The van der Waals surface area contributed by atoms with Gasteiger partial charge in [-0.2, -0.15) is 10.4 Å². The number of anilines is 2. The summed E-state index contributed by atoms with van der Waals surface area (Å²) in [4.78, 5) is 17.4. The molecule has 0 aliphatic rings. The van der Waals surface area contributed by atoms with Crippen LogP contribution in [-0.4, -0.2) is 23.7 Å². The average Bonchev–Trinajstić information content (AvgIpc) is 3.50. The number of ether oxygens (including phenoxy) is 2. The van der Waals surface area contributed by atoms with Crippen LogP contribution in [0.5, 0.6) is 11.5 Å². The monoisotopic (exact) mass is 733 g/mol. The summed E-state index contributed by atoms with van der Waals surface area (Å²) in [5, 5.41) is 20.2. The molecule has 220 valence electrons. The lowest BCUT2D eigenvalue weighted by Gasteiger charge is -2.15. The molecule has 4 aromatic carbocycles. The number of amides is 1. The number of halogens is 2. The van der Waals surface area contributed by atoms with Gasteiger partial charge in [-0.3, -0.25) is 4.79 Å². The van der Waals surface area contributed by atoms with E-state index in [-0.39, 0.29) is 12.5 Å². The molecule has 0 atom stereocenters. The maximum atomic E-state index is 12.7. The molecular weight excluding hydrogens is 709 g/mol. The van der Waals surface area contributed by atoms with Crippen molar-refractivity contribution in [3.8, 4) is 28.8 Å². The summed E-state index contributed by atoms with van der Waals surface area (Å²) >= 11 is 9.62. The number of thiazole rings is 1. The molecule has 0 saturated heterocycles. The molecule has 0 aliphatic heterocycles. The van der Waals surface area contributed by atoms with Crippen molar-refractivity contribution in [2.24, 2.45) is 5.10 Å². The van der Waals surface area contributed by atoms with E-state index in [1.807, 2.05) is 73.0 Å². The van der Waals surface area contributed by atoms with Crippen molar-refractivity contribution in [1.29, 1.82) is 5.26 Å². The Hall–Kier alpha value is -4.44. The Bertz CT molecular complexity index is 1840. The highest BCUT2D eigenvalue weighted by Gasteiger charge is 2.14. The summed E-state index contributed by atoms with van der Waals surface area (Å²) < 4.78 is 12.7. The van der Waals surface area contributed by atoms with Gasteiger partial charge in [-0.15, -0.1) is 11.3 Å². The number of rotatable bonds is 11. The molecule has 11 heteroatoms. The van der Waals surface area contributed by atoms with E-state index in [4.69, 9.17) is 21.1 Å². The van der Waals surface area contributed by atoms with E-state index < -0.39 is 0 Å². The summed E-state index contributed by atoms with van der Waals surface area (Å²) in [5.41, 5.74) is 7.72. The zero-order chi connectivity index (χ0) is 30.9. The average molecular weight is 734 g/mol. The van der Waals surface area contributed by atoms with Crippen molar-refractivity contribution in [3.05, 3.63) is 121 Å². The lowest BCUT2D eigenvalue weighted by atomic mass is 10.1. The molecule has 0 saturated carbocycles. The zero-order valence-corrected chi connectivity index (χ0v) is 27.1. The van der Waals surface area contributed by atoms with Gasteiger partial charge in [0.05, 0.1) is 33.7 Å². The van der Waals surface area contributed by atoms with E-state index in [0.717, 1.165) is 36.8 Å². The topological polar surface area (TPSA) is 109 Å². The van der Waals surface area contributed by atoms with Crippen molar-refractivity contribution in [3.63, 3.8) is 0 Å². The first kappa shape index (κ1) is 31.0. The number of hydrazone groups is 1. The third-order valence-corrected chi connectivity index (χ3v) is 8.07. The lowest BCUT2D eigenvalue weighted by Crippen LogP contribution is -2.17.